The third-order valence-electron chi connectivity index (χ3n) is 2.54. The fourth-order valence-electron chi connectivity index (χ4n) is 1.50. The van der Waals surface area contributed by atoms with Crippen molar-refractivity contribution < 1.29 is 25.2 Å². The van der Waals surface area contributed by atoms with Crippen LogP contribution in [0.5, 0.6) is 0 Å². The molecule has 0 saturated heterocycles. The van der Waals surface area contributed by atoms with Crippen LogP contribution in [0.2, 0.25) is 0 Å². The lowest BCUT2D eigenvalue weighted by Crippen LogP contribution is -2.42. The van der Waals surface area contributed by atoms with Gasteiger partial charge in [-0.05, 0) is 26.2 Å². The number of rotatable bonds is 7. The van der Waals surface area contributed by atoms with E-state index in [1.54, 1.807) is 20.8 Å². The highest BCUT2D eigenvalue weighted by molar-refractivity contribution is 7.87. The van der Waals surface area contributed by atoms with Crippen molar-refractivity contribution in [1.82, 2.24) is 0 Å². The van der Waals surface area contributed by atoms with E-state index in [2.05, 4.69) is 0 Å². The van der Waals surface area contributed by atoms with Gasteiger partial charge in [0.25, 0.3) is 20.2 Å². The minimum absolute atomic E-state index is 0.172. The monoisotopic (exact) mass is 316 g/mol. The molecule has 2 unspecified atom stereocenters. The van der Waals surface area contributed by atoms with Crippen molar-refractivity contribution in [3.63, 3.8) is 0 Å². The molecule has 6 nitrogen and oxygen atoms in total. The molecule has 0 amide bonds. The smallest absolute Gasteiger partial charge is 0.264 e. The standard InChI is InChI=1S/C11H24O6S2/c1-7-18(12,13)16-9(3)10(11(4,5)6)17-19(14,15)8-2/h9-10H,7-8H2,1-6H3. The fraction of sp³-hybridized carbons (Fsp3) is 1.00. The first-order valence-corrected chi connectivity index (χ1v) is 9.32. The van der Waals surface area contributed by atoms with Gasteiger partial charge in [-0.3, -0.25) is 8.37 Å². The molecule has 0 N–H and O–H groups in total. The van der Waals surface area contributed by atoms with Crippen molar-refractivity contribution in [3.05, 3.63) is 0 Å². The second-order valence-corrected chi connectivity index (χ2v) is 9.15. The third-order valence-corrected chi connectivity index (χ3v) is 5.05. The Morgan fingerprint density at radius 3 is 1.58 bits per heavy atom. The van der Waals surface area contributed by atoms with E-state index in [0.717, 1.165) is 0 Å². The summed E-state index contributed by atoms with van der Waals surface area (Å²) in [6.07, 6.45) is -1.76. The molecule has 116 valence electrons. The van der Waals surface area contributed by atoms with Crippen molar-refractivity contribution >= 4 is 20.2 Å². The Labute approximate surface area is 116 Å². The second-order valence-electron chi connectivity index (χ2n) is 5.38. The van der Waals surface area contributed by atoms with E-state index >= 15 is 0 Å². The molecule has 0 aliphatic carbocycles. The van der Waals surface area contributed by atoms with Crippen molar-refractivity contribution in [3.8, 4) is 0 Å². The second kappa shape index (κ2) is 6.51. The normalized spacial score (nSPS) is 17.2. The molecule has 0 aromatic heterocycles. The molecule has 0 aliphatic rings. The molecular formula is C11H24O6S2. The van der Waals surface area contributed by atoms with Gasteiger partial charge in [-0.2, -0.15) is 16.8 Å². The first-order chi connectivity index (χ1) is 8.34. The first kappa shape index (κ1) is 18.8. The lowest BCUT2D eigenvalue weighted by Gasteiger charge is -2.33. The van der Waals surface area contributed by atoms with E-state index in [0.29, 0.717) is 0 Å². The highest BCUT2D eigenvalue weighted by Gasteiger charge is 2.37. The first-order valence-electron chi connectivity index (χ1n) is 6.16. The van der Waals surface area contributed by atoms with E-state index in [-0.39, 0.29) is 11.5 Å². The van der Waals surface area contributed by atoms with Gasteiger partial charge in [0.1, 0.15) is 12.2 Å². The molecule has 0 spiro atoms. The lowest BCUT2D eigenvalue weighted by molar-refractivity contribution is 0.00247. The summed E-state index contributed by atoms with van der Waals surface area (Å²) in [5.74, 6) is -0.346. The predicted octanol–water partition coefficient (Wildman–Crippen LogP) is 1.52. The molecule has 0 bridgehead atoms. The Morgan fingerprint density at radius 1 is 0.895 bits per heavy atom. The van der Waals surface area contributed by atoms with Crippen LogP contribution in [-0.4, -0.2) is 40.5 Å². The Morgan fingerprint density at radius 2 is 1.26 bits per heavy atom. The Hall–Kier alpha value is -0.180. The van der Waals surface area contributed by atoms with Gasteiger partial charge in [0, 0.05) is 0 Å². The summed E-state index contributed by atoms with van der Waals surface area (Å²) in [5, 5.41) is 0. The molecule has 0 aromatic rings. The zero-order chi connectivity index (χ0) is 15.5. The minimum Gasteiger partial charge on any atom is -0.264 e. The highest BCUT2D eigenvalue weighted by atomic mass is 32.2. The SMILES string of the molecule is CCS(=O)(=O)OC(C)C(OS(=O)(=O)CC)C(C)(C)C. The average Bonchev–Trinajstić information content (AvgIpc) is 2.24. The number of hydrogen-bond donors (Lipinski definition) is 0. The van der Waals surface area contributed by atoms with Crippen LogP contribution in [0.1, 0.15) is 41.5 Å². The molecule has 0 aromatic carbocycles. The zero-order valence-electron chi connectivity index (χ0n) is 12.3. The predicted molar refractivity (Wildman–Crippen MR) is 73.8 cm³/mol. The maximum absolute atomic E-state index is 11.6. The largest absolute Gasteiger partial charge is 0.267 e. The Balaban J connectivity index is 5.19. The van der Waals surface area contributed by atoms with Crippen molar-refractivity contribution in [2.45, 2.75) is 53.8 Å². The maximum Gasteiger partial charge on any atom is 0.267 e. The lowest BCUT2D eigenvalue weighted by atomic mass is 9.86. The topological polar surface area (TPSA) is 86.7 Å². The van der Waals surface area contributed by atoms with Gasteiger partial charge >= 0.3 is 0 Å². The molecule has 0 heterocycles. The van der Waals surface area contributed by atoms with Crippen LogP contribution >= 0.6 is 0 Å². The van der Waals surface area contributed by atoms with Crippen LogP contribution < -0.4 is 0 Å². The van der Waals surface area contributed by atoms with Crippen LogP contribution in [0.4, 0.5) is 0 Å². The van der Waals surface area contributed by atoms with Crippen LogP contribution in [0.3, 0.4) is 0 Å². The Kier molecular flexibility index (Phi) is 6.45. The molecule has 0 rings (SSSR count). The highest BCUT2D eigenvalue weighted by Crippen LogP contribution is 2.28. The van der Waals surface area contributed by atoms with E-state index in [4.69, 9.17) is 8.37 Å². The summed E-state index contributed by atoms with van der Waals surface area (Å²) in [7, 11) is -7.35. The van der Waals surface area contributed by atoms with Crippen LogP contribution in [0.15, 0.2) is 0 Å². The molecular weight excluding hydrogens is 292 g/mol. The average molecular weight is 316 g/mol. The van der Waals surface area contributed by atoms with Gasteiger partial charge < -0.3 is 0 Å². The van der Waals surface area contributed by atoms with E-state index in [1.807, 2.05) is 0 Å². The van der Waals surface area contributed by atoms with Crippen LogP contribution in [-0.2, 0) is 28.6 Å². The van der Waals surface area contributed by atoms with Gasteiger partial charge in [0.15, 0.2) is 0 Å². The summed E-state index contributed by atoms with van der Waals surface area (Å²) in [4.78, 5) is 0. The van der Waals surface area contributed by atoms with Crippen LogP contribution in [0, 0.1) is 5.41 Å². The summed E-state index contributed by atoms with van der Waals surface area (Å²) >= 11 is 0. The molecule has 2 atom stereocenters. The molecule has 0 fully saturated rings. The fourth-order valence-corrected chi connectivity index (χ4v) is 3.10. The van der Waals surface area contributed by atoms with E-state index < -0.39 is 37.9 Å². The Bertz CT molecular complexity index is 472. The van der Waals surface area contributed by atoms with Gasteiger partial charge in [-0.15, -0.1) is 0 Å². The maximum atomic E-state index is 11.6. The summed E-state index contributed by atoms with van der Waals surface area (Å²) in [6.45, 7) is 9.71. The van der Waals surface area contributed by atoms with Gasteiger partial charge in [0.05, 0.1) is 11.5 Å². The molecule has 8 heteroatoms. The van der Waals surface area contributed by atoms with Gasteiger partial charge in [0.2, 0.25) is 0 Å². The molecule has 19 heavy (non-hydrogen) atoms. The third kappa shape index (κ3) is 6.69. The van der Waals surface area contributed by atoms with Gasteiger partial charge in [-0.25, -0.2) is 0 Å². The summed E-state index contributed by atoms with van der Waals surface area (Å²) < 4.78 is 56.1. The van der Waals surface area contributed by atoms with Gasteiger partial charge in [-0.1, -0.05) is 20.8 Å². The summed E-state index contributed by atoms with van der Waals surface area (Å²) in [5.41, 5.74) is -0.578. The zero-order valence-corrected chi connectivity index (χ0v) is 14.0. The van der Waals surface area contributed by atoms with Crippen molar-refractivity contribution in [2.75, 3.05) is 11.5 Å². The van der Waals surface area contributed by atoms with E-state index in [9.17, 15) is 16.8 Å². The van der Waals surface area contributed by atoms with Crippen LogP contribution in [0.25, 0.3) is 0 Å². The number of hydrogen-bond acceptors (Lipinski definition) is 6. The molecule has 0 aliphatic heterocycles. The quantitative estimate of drug-likeness (QED) is 0.662. The molecule has 0 radical (unpaired) electrons. The van der Waals surface area contributed by atoms with Crippen molar-refractivity contribution in [2.24, 2.45) is 5.41 Å². The van der Waals surface area contributed by atoms with E-state index in [1.165, 1.54) is 20.8 Å². The minimum atomic E-state index is -3.68. The summed E-state index contributed by atoms with van der Waals surface area (Å²) in [6, 6.07) is 0. The molecule has 0 saturated carbocycles. The van der Waals surface area contributed by atoms with Crippen molar-refractivity contribution in [1.29, 1.82) is 0 Å².